The molecule has 0 aromatic rings. The van der Waals surface area contributed by atoms with Gasteiger partial charge in [-0.1, -0.05) is 40.5 Å². The first kappa shape index (κ1) is 16.9. The Morgan fingerprint density at radius 3 is 2.24 bits per heavy atom. The van der Waals surface area contributed by atoms with E-state index in [0.29, 0.717) is 5.41 Å². The highest BCUT2D eigenvalue weighted by molar-refractivity contribution is 4.67. The van der Waals surface area contributed by atoms with Gasteiger partial charge in [0.05, 0.1) is 0 Å². The molecule has 1 unspecified atom stereocenters. The molecule has 1 atom stereocenters. The van der Waals surface area contributed by atoms with Crippen molar-refractivity contribution in [1.82, 2.24) is 4.90 Å². The molecule has 104 valence electrons. The second-order valence-electron chi connectivity index (χ2n) is 6.67. The van der Waals surface area contributed by atoms with Crippen LogP contribution in [0.4, 0.5) is 0 Å². The molecule has 0 aliphatic rings. The van der Waals surface area contributed by atoms with E-state index in [4.69, 9.17) is 5.73 Å². The lowest BCUT2D eigenvalue weighted by atomic mass is 9.93. The predicted molar refractivity (Wildman–Crippen MR) is 78.3 cm³/mol. The van der Waals surface area contributed by atoms with Crippen LogP contribution in [0, 0.1) is 11.3 Å². The Balaban J connectivity index is 3.72. The van der Waals surface area contributed by atoms with Crippen molar-refractivity contribution in [1.29, 1.82) is 0 Å². The Morgan fingerprint density at radius 2 is 1.76 bits per heavy atom. The third kappa shape index (κ3) is 10.8. The maximum Gasteiger partial charge on any atom is 0.00270 e. The van der Waals surface area contributed by atoms with E-state index in [1.165, 1.54) is 45.2 Å². The number of hydrogen-bond acceptors (Lipinski definition) is 2. The highest BCUT2D eigenvalue weighted by atomic mass is 15.1. The lowest BCUT2D eigenvalue weighted by Gasteiger charge is -2.27. The summed E-state index contributed by atoms with van der Waals surface area (Å²) in [6.07, 6.45) is 6.51. The van der Waals surface area contributed by atoms with Crippen molar-refractivity contribution < 1.29 is 0 Å². The number of nitrogens with two attached hydrogens (primary N) is 1. The van der Waals surface area contributed by atoms with Gasteiger partial charge in [0.25, 0.3) is 0 Å². The minimum Gasteiger partial charge on any atom is -0.330 e. The van der Waals surface area contributed by atoms with Crippen LogP contribution < -0.4 is 5.73 Å². The first-order valence-electron chi connectivity index (χ1n) is 7.27. The number of rotatable bonds is 9. The Labute approximate surface area is 109 Å². The summed E-state index contributed by atoms with van der Waals surface area (Å²) in [6, 6.07) is 0. The molecule has 2 heteroatoms. The smallest absolute Gasteiger partial charge is 0.00270 e. The van der Waals surface area contributed by atoms with Crippen molar-refractivity contribution in [3.8, 4) is 0 Å². The SMILES string of the molecule is CCCC(CCN)CCCN(C)CC(C)(C)C. The molecule has 0 saturated heterocycles. The van der Waals surface area contributed by atoms with Crippen molar-refractivity contribution in [2.45, 2.75) is 59.8 Å². The van der Waals surface area contributed by atoms with Gasteiger partial charge in [0.2, 0.25) is 0 Å². The van der Waals surface area contributed by atoms with E-state index in [1.807, 2.05) is 0 Å². The second-order valence-corrected chi connectivity index (χ2v) is 6.67. The fraction of sp³-hybridized carbons (Fsp3) is 1.00. The average Bonchev–Trinajstić information content (AvgIpc) is 2.15. The quantitative estimate of drug-likeness (QED) is 0.670. The molecule has 2 nitrogen and oxygen atoms in total. The minimum absolute atomic E-state index is 0.412. The third-order valence-electron chi connectivity index (χ3n) is 3.17. The molecular formula is C15H34N2. The van der Waals surface area contributed by atoms with Crippen LogP contribution >= 0.6 is 0 Å². The van der Waals surface area contributed by atoms with E-state index in [1.54, 1.807) is 0 Å². The van der Waals surface area contributed by atoms with Gasteiger partial charge in [-0.2, -0.15) is 0 Å². The van der Waals surface area contributed by atoms with Crippen LogP contribution in [-0.2, 0) is 0 Å². The van der Waals surface area contributed by atoms with Gasteiger partial charge in [0.1, 0.15) is 0 Å². The topological polar surface area (TPSA) is 29.3 Å². The van der Waals surface area contributed by atoms with Crippen molar-refractivity contribution >= 4 is 0 Å². The van der Waals surface area contributed by atoms with E-state index in [2.05, 4.69) is 39.6 Å². The van der Waals surface area contributed by atoms with Gasteiger partial charge in [-0.15, -0.1) is 0 Å². The first-order chi connectivity index (χ1) is 7.89. The fourth-order valence-corrected chi connectivity index (χ4v) is 2.62. The molecule has 0 heterocycles. The van der Waals surface area contributed by atoms with Crippen LogP contribution in [0.25, 0.3) is 0 Å². The molecule has 0 fully saturated rings. The van der Waals surface area contributed by atoms with Crippen molar-refractivity contribution in [3.63, 3.8) is 0 Å². The fourth-order valence-electron chi connectivity index (χ4n) is 2.62. The van der Waals surface area contributed by atoms with E-state index < -0.39 is 0 Å². The molecule has 0 aromatic heterocycles. The summed E-state index contributed by atoms with van der Waals surface area (Å²) in [5, 5.41) is 0. The molecule has 0 bridgehead atoms. The highest BCUT2D eigenvalue weighted by Crippen LogP contribution is 2.18. The number of nitrogens with zero attached hydrogens (tertiary/aromatic N) is 1. The maximum atomic E-state index is 5.66. The van der Waals surface area contributed by atoms with E-state index in [0.717, 1.165) is 12.5 Å². The van der Waals surface area contributed by atoms with Crippen LogP contribution in [-0.4, -0.2) is 31.6 Å². The monoisotopic (exact) mass is 242 g/mol. The summed E-state index contributed by atoms with van der Waals surface area (Å²) in [4.78, 5) is 2.46. The molecule has 0 saturated carbocycles. The summed E-state index contributed by atoms with van der Waals surface area (Å²) in [6.45, 7) is 12.4. The van der Waals surface area contributed by atoms with Crippen LogP contribution in [0.2, 0.25) is 0 Å². The first-order valence-corrected chi connectivity index (χ1v) is 7.27. The maximum absolute atomic E-state index is 5.66. The van der Waals surface area contributed by atoms with Gasteiger partial charge in [0, 0.05) is 6.54 Å². The van der Waals surface area contributed by atoms with Crippen molar-refractivity contribution in [2.24, 2.45) is 17.1 Å². The number of hydrogen-bond donors (Lipinski definition) is 1. The van der Waals surface area contributed by atoms with Gasteiger partial charge < -0.3 is 10.6 Å². The molecule has 0 radical (unpaired) electrons. The molecular weight excluding hydrogens is 208 g/mol. The molecule has 0 amide bonds. The Kier molecular flexibility index (Phi) is 8.89. The Hall–Kier alpha value is -0.0800. The van der Waals surface area contributed by atoms with Gasteiger partial charge in [-0.25, -0.2) is 0 Å². The summed E-state index contributed by atoms with van der Waals surface area (Å²) in [5.74, 6) is 0.855. The van der Waals surface area contributed by atoms with E-state index in [9.17, 15) is 0 Å². The largest absolute Gasteiger partial charge is 0.330 e. The van der Waals surface area contributed by atoms with Crippen molar-refractivity contribution in [3.05, 3.63) is 0 Å². The molecule has 17 heavy (non-hydrogen) atoms. The van der Waals surface area contributed by atoms with Crippen molar-refractivity contribution in [2.75, 3.05) is 26.7 Å². The zero-order valence-corrected chi connectivity index (χ0v) is 12.8. The lowest BCUT2D eigenvalue weighted by molar-refractivity contribution is 0.218. The standard InChI is InChI=1S/C15H34N2/c1-6-8-14(10-11-16)9-7-12-17(5)13-15(2,3)4/h14H,6-13,16H2,1-5H3. The van der Waals surface area contributed by atoms with Crippen LogP contribution in [0.1, 0.15) is 59.8 Å². The van der Waals surface area contributed by atoms with E-state index in [-0.39, 0.29) is 0 Å². The van der Waals surface area contributed by atoms with Gasteiger partial charge >= 0.3 is 0 Å². The average molecular weight is 242 g/mol. The van der Waals surface area contributed by atoms with Crippen LogP contribution in [0.15, 0.2) is 0 Å². The summed E-state index contributed by atoms with van der Waals surface area (Å²) < 4.78 is 0. The molecule has 0 rings (SSSR count). The van der Waals surface area contributed by atoms with Crippen LogP contribution in [0.3, 0.4) is 0 Å². The lowest BCUT2D eigenvalue weighted by Crippen LogP contribution is -2.30. The van der Waals surface area contributed by atoms with Gasteiger partial charge in [-0.3, -0.25) is 0 Å². The Morgan fingerprint density at radius 1 is 1.12 bits per heavy atom. The summed E-state index contributed by atoms with van der Waals surface area (Å²) in [5.41, 5.74) is 6.08. The van der Waals surface area contributed by atoms with E-state index >= 15 is 0 Å². The predicted octanol–water partition coefficient (Wildman–Crippen LogP) is 3.51. The molecule has 0 aliphatic carbocycles. The normalized spacial score (nSPS) is 14.3. The Bertz CT molecular complexity index is 166. The third-order valence-corrected chi connectivity index (χ3v) is 3.17. The summed E-state index contributed by atoms with van der Waals surface area (Å²) in [7, 11) is 2.24. The minimum atomic E-state index is 0.412. The summed E-state index contributed by atoms with van der Waals surface area (Å²) >= 11 is 0. The van der Waals surface area contributed by atoms with Gasteiger partial charge in [0.15, 0.2) is 0 Å². The molecule has 2 N–H and O–H groups in total. The zero-order chi connectivity index (χ0) is 13.3. The molecule has 0 aliphatic heterocycles. The van der Waals surface area contributed by atoms with Gasteiger partial charge in [-0.05, 0) is 50.7 Å². The second kappa shape index (κ2) is 8.93. The highest BCUT2D eigenvalue weighted by Gasteiger charge is 2.13. The molecule has 0 spiro atoms. The zero-order valence-electron chi connectivity index (χ0n) is 12.8. The van der Waals surface area contributed by atoms with Crippen LogP contribution in [0.5, 0.6) is 0 Å². The molecule has 0 aromatic carbocycles.